The molecule has 8 N–H and O–H groups in total. The number of pyridine rings is 4. The van der Waals surface area contributed by atoms with Gasteiger partial charge in [-0.15, -0.1) is 0 Å². The fourth-order valence-corrected chi connectivity index (χ4v) is 26.2. The summed E-state index contributed by atoms with van der Waals surface area (Å²) in [4.78, 5) is 104. The molecule has 0 radical (unpaired) electrons. The number of halogens is 4. The average Bonchev–Trinajstić information content (AvgIpc) is 1.64. The zero-order valence-corrected chi connectivity index (χ0v) is 82.2. The standard InChI is InChI=1S/C31H33FN4O2.C31H33FN4O.C30H31FN4O.C28H29FN4O/c32-21-8-10-26-25(14-21)24(11-12-33-26)17-1-3-18(4-2-17)29(19-5-6-19)30-35-27-9-7-20(13-28(27)36-30)31(38)34-22-15-23(37)16-22;32-22-11-13-26-25(17-22)24(14-15-33-26)18-4-6-19(7-5-18)29(20-8-9-20)30-35-27-12-10-21(16-28(27)36-30)31(37)34-23-2-1-3-23;31-22-9-11-25-24(17-22)23(12-13-32-25)18-2-4-19(5-3-18)28(20-6-7-20)29-33-26-10-8-21(16-27(26)34-29)30(36)35-14-1-15-35;1-30-28(34)19-8-10-24-25(14-19)33-27(32-24)26(18-6-7-18)17-4-2-16(3-5-17)21-12-13-31-23-11-9-20(29)15-22(21)23/h7-14,17-19,22-23,29,37H,1-6,15-16H2,(H,34,38)(H,35,36);10-20,23,29H,1-9H2,(H,34,37)(H,35,36);8-13,16-20,28H,1-7,14-15H2,(H,33,34);8-18,26H,2-7H2,1H3,(H,30,34)(H,32,33)/t17?,18?,22?,23?,29-;18?,19?,29-;18?,19?,28-;16?,17?,26-/m0000/s1. The van der Waals surface area contributed by atoms with Crippen molar-refractivity contribution in [3.8, 4) is 0 Å². The lowest BCUT2D eigenvalue weighted by atomic mass is 9.72. The minimum Gasteiger partial charge on any atom is -0.393 e. The summed E-state index contributed by atoms with van der Waals surface area (Å²) in [7, 11) is 1.65. The molecule has 4 atom stereocenters. The molecular formula is C120H126F4N16O5. The highest BCUT2D eigenvalue weighted by molar-refractivity contribution is 6.00. The van der Waals surface area contributed by atoms with Crippen LogP contribution in [0.25, 0.3) is 87.7 Å². The molecule has 8 aromatic heterocycles. The number of nitrogens with zero attached hydrogens (tertiary/aromatic N) is 9. The number of aromatic nitrogens is 12. The number of imidazole rings is 4. The van der Waals surface area contributed by atoms with Crippen LogP contribution in [-0.2, 0) is 0 Å². The van der Waals surface area contributed by atoms with Crippen molar-refractivity contribution in [2.45, 2.75) is 258 Å². The van der Waals surface area contributed by atoms with Crippen LogP contribution in [0.3, 0.4) is 0 Å². The maximum Gasteiger partial charge on any atom is 0.253 e. The van der Waals surface area contributed by atoms with Crippen LogP contribution >= 0.6 is 0 Å². The lowest BCUT2D eigenvalue weighted by molar-refractivity contribution is 0.0561. The second kappa shape index (κ2) is 40.3. The number of benzene rings is 8. The Balaban J connectivity index is 0.000000104. The Kier molecular flexibility index (Phi) is 26.2. The maximum atomic E-state index is 14.0. The zero-order valence-electron chi connectivity index (χ0n) is 82.2. The third-order valence-corrected chi connectivity index (χ3v) is 34.9. The number of amides is 4. The molecule has 21 nitrogen and oxygen atoms in total. The van der Waals surface area contributed by atoms with Crippen molar-refractivity contribution in [1.29, 1.82) is 0 Å². The van der Waals surface area contributed by atoms with E-state index in [1.54, 1.807) is 55.6 Å². The smallest absolute Gasteiger partial charge is 0.253 e. The summed E-state index contributed by atoms with van der Waals surface area (Å²) in [6, 6.07) is 51.5. The number of carbonyl (C=O) groups is 4. The summed E-state index contributed by atoms with van der Waals surface area (Å²) in [5, 5.41) is 22.2. The molecule has 744 valence electrons. The molecule has 11 aliphatic rings. The van der Waals surface area contributed by atoms with Gasteiger partial charge >= 0.3 is 0 Å². The summed E-state index contributed by atoms with van der Waals surface area (Å²) < 4.78 is 56.0. The van der Waals surface area contributed by atoms with Crippen LogP contribution in [-0.4, -0.2) is 132 Å². The topological polar surface area (TPSA) is 294 Å². The summed E-state index contributed by atoms with van der Waals surface area (Å²) >= 11 is 0. The van der Waals surface area contributed by atoms with Crippen LogP contribution in [0.15, 0.2) is 195 Å². The van der Waals surface area contributed by atoms with Crippen LogP contribution in [0.1, 0.15) is 327 Å². The molecule has 25 heteroatoms. The van der Waals surface area contributed by atoms with Gasteiger partial charge in [0, 0.05) is 124 Å². The van der Waals surface area contributed by atoms with Gasteiger partial charge in [0.1, 0.15) is 46.6 Å². The Labute approximate surface area is 840 Å². The van der Waals surface area contributed by atoms with Gasteiger partial charge in [-0.3, -0.25) is 39.1 Å². The SMILES string of the molecule is CNC(=O)c1ccc2nc([C@@H](C3CCC(c4ccnc5ccc(F)cc45)CC3)C3CC3)[nH]c2c1.O=C(NC1CC(O)C1)c1ccc2nc([C@@H](C3CCC(c4ccnc5ccc(F)cc45)CC3)C3CC3)[nH]c2c1.O=C(NC1CCC1)c1ccc2nc([C@@H](C3CCC(c4ccnc5ccc(F)cc45)CC3)C3CC3)[nH]c2c1.O=C(c1ccc2nc([C@@H](C3CCC(c4ccnc5ccc(F)cc45)CC3)C3CC3)[nH]c2c1)N1CCC1. The molecule has 1 saturated heterocycles. The number of H-pyrrole nitrogens is 4. The number of carbonyl (C=O) groups excluding carboxylic acids is 4. The summed E-state index contributed by atoms with van der Waals surface area (Å²) in [5.74, 6) is 12.1. The second-order valence-electron chi connectivity index (χ2n) is 44.2. The van der Waals surface area contributed by atoms with Gasteiger partial charge in [-0.1, -0.05) is 0 Å². The van der Waals surface area contributed by atoms with Crippen LogP contribution in [0.5, 0.6) is 0 Å². The van der Waals surface area contributed by atoms with Crippen molar-refractivity contribution < 1.29 is 41.8 Å². The second-order valence-corrected chi connectivity index (χ2v) is 44.2. The van der Waals surface area contributed by atoms with E-state index < -0.39 is 0 Å². The monoisotopic (exact) mass is 1950 g/mol. The number of aliphatic hydroxyl groups excluding tert-OH is 1. The number of aromatic amines is 4. The van der Waals surface area contributed by atoms with E-state index in [2.05, 4.69) is 80.1 Å². The van der Waals surface area contributed by atoms with E-state index >= 15 is 0 Å². The minimum absolute atomic E-state index is 0.0170. The predicted molar refractivity (Wildman–Crippen MR) is 557 cm³/mol. The first kappa shape index (κ1) is 94.1. The normalized spacial score (nSPS) is 23.6. The van der Waals surface area contributed by atoms with Crippen LogP contribution in [0.2, 0.25) is 0 Å². The first-order valence-electron chi connectivity index (χ1n) is 53.8. The molecule has 4 amide bonds. The van der Waals surface area contributed by atoms with Gasteiger partial charge < -0.3 is 45.9 Å². The predicted octanol–water partition coefficient (Wildman–Crippen LogP) is 25.6. The quantitative estimate of drug-likeness (QED) is 0.0293. The van der Waals surface area contributed by atoms with Crippen molar-refractivity contribution in [2.75, 3.05) is 20.1 Å². The average molecular weight is 1950 g/mol. The van der Waals surface area contributed by atoms with Crippen LogP contribution < -0.4 is 16.0 Å². The van der Waals surface area contributed by atoms with Crippen molar-refractivity contribution >= 4 is 111 Å². The molecule has 16 aromatic rings. The Hall–Kier alpha value is -13.2. The van der Waals surface area contributed by atoms with Gasteiger partial charge in [-0.25, -0.2) is 37.5 Å². The van der Waals surface area contributed by atoms with E-state index in [1.165, 1.54) is 104 Å². The number of nitrogens with one attached hydrogen (secondary N) is 7. The molecule has 9 heterocycles. The summed E-state index contributed by atoms with van der Waals surface area (Å²) in [5.41, 5.74) is 18.6. The van der Waals surface area contributed by atoms with Gasteiger partial charge in [0.15, 0.2) is 0 Å². The van der Waals surface area contributed by atoms with E-state index in [9.17, 15) is 41.8 Å². The number of likely N-dealkylation sites (tertiary alicyclic amines) is 1. The molecular weight excluding hydrogens is 1820 g/mol. The van der Waals surface area contributed by atoms with Crippen LogP contribution in [0, 0.1) is 70.6 Å². The van der Waals surface area contributed by atoms with E-state index in [0.29, 0.717) is 130 Å². The fourth-order valence-electron chi connectivity index (χ4n) is 26.2. The third kappa shape index (κ3) is 20.1. The molecule has 0 unspecified atom stereocenters. The van der Waals surface area contributed by atoms with Crippen molar-refractivity contribution in [1.82, 2.24) is 80.7 Å². The van der Waals surface area contributed by atoms with E-state index in [4.69, 9.17) is 19.9 Å². The Morgan fingerprint density at radius 2 is 0.572 bits per heavy atom. The highest BCUT2D eigenvalue weighted by atomic mass is 19.1. The van der Waals surface area contributed by atoms with Gasteiger partial charge in [-0.05, 0) is 456 Å². The summed E-state index contributed by atoms with van der Waals surface area (Å²) in [6.45, 7) is 1.73. The van der Waals surface area contributed by atoms with Crippen molar-refractivity contribution in [3.05, 3.63) is 286 Å². The summed E-state index contributed by atoms with van der Waals surface area (Å²) in [6.07, 6.45) is 40.9. The van der Waals surface area contributed by atoms with Gasteiger partial charge in [0.2, 0.25) is 0 Å². The first-order chi connectivity index (χ1) is 70.9. The number of hydrogen-bond donors (Lipinski definition) is 8. The van der Waals surface area contributed by atoms with Crippen LogP contribution in [0.4, 0.5) is 17.6 Å². The Morgan fingerprint density at radius 1 is 0.310 bits per heavy atom. The molecule has 0 bridgehead atoms. The fraction of sp³-hybridized carbons (Fsp3) is 0.433. The lowest BCUT2D eigenvalue weighted by Crippen LogP contribution is -2.46. The molecule has 0 spiro atoms. The van der Waals surface area contributed by atoms with Gasteiger partial charge in [-0.2, -0.15) is 0 Å². The van der Waals surface area contributed by atoms with E-state index in [-0.39, 0.29) is 59.0 Å². The van der Waals surface area contributed by atoms with Crippen molar-refractivity contribution in [3.63, 3.8) is 0 Å². The lowest BCUT2D eigenvalue weighted by Gasteiger charge is -2.34. The number of hydrogen-bond acceptors (Lipinski definition) is 13. The third-order valence-electron chi connectivity index (χ3n) is 34.9. The molecule has 1 aliphatic heterocycles. The minimum atomic E-state index is -0.292. The molecule has 27 rings (SSSR count). The first-order valence-corrected chi connectivity index (χ1v) is 53.8. The maximum absolute atomic E-state index is 14.0. The van der Waals surface area contributed by atoms with Gasteiger partial charge in [0.05, 0.1) is 72.3 Å². The molecule has 10 saturated carbocycles. The molecule has 8 aromatic carbocycles. The number of fused-ring (bicyclic) bond motifs is 8. The molecule has 11 fully saturated rings. The number of rotatable bonds is 22. The largest absolute Gasteiger partial charge is 0.393 e. The Morgan fingerprint density at radius 3 is 0.828 bits per heavy atom. The Bertz CT molecular complexity index is 7540. The zero-order chi connectivity index (χ0) is 98.2. The number of aliphatic hydroxyl groups is 1. The van der Waals surface area contributed by atoms with E-state index in [0.717, 1.165) is 252 Å². The molecule has 10 aliphatic carbocycles. The highest BCUT2D eigenvalue weighted by Crippen LogP contribution is 2.58. The molecule has 145 heavy (non-hydrogen) atoms. The van der Waals surface area contributed by atoms with E-state index in [1.807, 2.05) is 102 Å². The highest BCUT2D eigenvalue weighted by Gasteiger charge is 2.47. The van der Waals surface area contributed by atoms with Gasteiger partial charge in [0.25, 0.3) is 23.6 Å². The van der Waals surface area contributed by atoms with Crippen molar-refractivity contribution in [2.24, 2.45) is 47.3 Å².